The number of amides is 1. The highest BCUT2D eigenvalue weighted by Gasteiger charge is 2.66. The number of carboxylic acid groups (broad SMARTS) is 1. The second kappa shape index (κ2) is 5.27. The number of hydrogen-bond donors (Lipinski definition) is 1. The van der Waals surface area contributed by atoms with Gasteiger partial charge in [-0.1, -0.05) is 44.2 Å². The van der Waals surface area contributed by atoms with Crippen molar-refractivity contribution in [1.29, 1.82) is 0 Å². The van der Waals surface area contributed by atoms with Gasteiger partial charge in [-0.2, -0.15) is 0 Å². The van der Waals surface area contributed by atoms with Crippen LogP contribution in [-0.4, -0.2) is 35.5 Å². The van der Waals surface area contributed by atoms with Gasteiger partial charge in [0.15, 0.2) is 0 Å². The molecule has 1 aliphatic carbocycles. The van der Waals surface area contributed by atoms with Crippen molar-refractivity contribution in [3.8, 4) is 0 Å². The Balaban J connectivity index is 1.92. The largest absolute Gasteiger partial charge is 0.481 e. The topological polar surface area (TPSA) is 57.6 Å². The molecule has 0 saturated heterocycles. The zero-order chi connectivity index (χ0) is 14.9. The number of benzene rings is 1. The van der Waals surface area contributed by atoms with Crippen LogP contribution in [0.5, 0.6) is 0 Å². The number of nitrogens with zero attached hydrogens (tertiary/aromatic N) is 1. The molecule has 0 heterocycles. The summed E-state index contributed by atoms with van der Waals surface area (Å²) in [5.74, 6) is -1.86. The Morgan fingerprint density at radius 2 is 1.80 bits per heavy atom. The van der Waals surface area contributed by atoms with Gasteiger partial charge in [0, 0.05) is 13.6 Å². The molecular formula is C16H21NO3. The number of hydrogen-bond acceptors (Lipinski definition) is 2. The van der Waals surface area contributed by atoms with Crippen LogP contribution < -0.4 is 0 Å². The second-order valence-electron chi connectivity index (χ2n) is 6.11. The molecule has 108 valence electrons. The third kappa shape index (κ3) is 2.69. The Morgan fingerprint density at radius 1 is 1.20 bits per heavy atom. The summed E-state index contributed by atoms with van der Waals surface area (Å²) < 4.78 is 0. The molecule has 4 nitrogen and oxygen atoms in total. The molecule has 1 aromatic rings. The van der Waals surface area contributed by atoms with Gasteiger partial charge in [0.25, 0.3) is 0 Å². The van der Waals surface area contributed by atoms with Crippen molar-refractivity contribution in [3.05, 3.63) is 35.9 Å². The Labute approximate surface area is 119 Å². The molecule has 2 atom stereocenters. The highest BCUT2D eigenvalue weighted by molar-refractivity contribution is 5.91. The van der Waals surface area contributed by atoms with Crippen molar-refractivity contribution in [1.82, 2.24) is 4.90 Å². The van der Waals surface area contributed by atoms with Crippen LogP contribution in [0.2, 0.25) is 0 Å². The first-order valence-electron chi connectivity index (χ1n) is 6.87. The van der Waals surface area contributed by atoms with Crippen LogP contribution in [0.4, 0.5) is 0 Å². The average molecular weight is 275 g/mol. The third-order valence-electron chi connectivity index (χ3n) is 4.31. The number of rotatable bonds is 5. The standard InChI is InChI=1S/C16H21NO3/c1-16(2)12(13(16)15(19)20)14(18)17(3)10-9-11-7-5-4-6-8-11/h4-8,12-13H,9-10H2,1-3H3,(H,19,20). The molecule has 1 amide bonds. The van der Waals surface area contributed by atoms with Crippen LogP contribution in [0.25, 0.3) is 0 Å². The lowest BCUT2D eigenvalue weighted by molar-refractivity contribution is -0.141. The number of carbonyl (C=O) groups excluding carboxylic acids is 1. The molecule has 1 N–H and O–H groups in total. The minimum atomic E-state index is -0.871. The van der Waals surface area contributed by atoms with Gasteiger partial charge < -0.3 is 10.0 Å². The van der Waals surface area contributed by atoms with E-state index in [1.807, 2.05) is 44.2 Å². The van der Waals surface area contributed by atoms with Crippen molar-refractivity contribution in [2.24, 2.45) is 17.3 Å². The predicted octanol–water partition coefficient (Wildman–Crippen LogP) is 2.04. The predicted molar refractivity (Wildman–Crippen MR) is 76.2 cm³/mol. The Bertz CT molecular complexity index is 510. The molecule has 2 unspecified atom stereocenters. The molecular weight excluding hydrogens is 254 g/mol. The maximum Gasteiger partial charge on any atom is 0.307 e. The van der Waals surface area contributed by atoms with Crippen LogP contribution in [0.15, 0.2) is 30.3 Å². The summed E-state index contributed by atoms with van der Waals surface area (Å²) in [6, 6.07) is 9.96. The number of carboxylic acids is 1. The van der Waals surface area contributed by atoms with Crippen LogP contribution in [0, 0.1) is 17.3 Å². The summed E-state index contributed by atoms with van der Waals surface area (Å²) in [5, 5.41) is 9.13. The van der Waals surface area contributed by atoms with E-state index in [0.29, 0.717) is 6.54 Å². The average Bonchev–Trinajstić information content (AvgIpc) is 2.99. The number of likely N-dealkylation sites (N-methyl/N-ethyl adjacent to an activating group) is 1. The van der Waals surface area contributed by atoms with Crippen LogP contribution >= 0.6 is 0 Å². The summed E-state index contributed by atoms with van der Waals surface area (Å²) in [5.41, 5.74) is 0.751. The second-order valence-corrected chi connectivity index (χ2v) is 6.11. The van der Waals surface area contributed by atoms with E-state index in [1.54, 1.807) is 11.9 Å². The molecule has 4 heteroatoms. The maximum atomic E-state index is 12.3. The Hall–Kier alpha value is -1.84. The summed E-state index contributed by atoms with van der Waals surface area (Å²) in [6.45, 7) is 4.31. The van der Waals surface area contributed by atoms with Gasteiger partial charge in [-0.05, 0) is 17.4 Å². The zero-order valence-electron chi connectivity index (χ0n) is 12.2. The molecule has 0 aliphatic heterocycles. The first-order valence-corrected chi connectivity index (χ1v) is 6.87. The monoisotopic (exact) mass is 275 g/mol. The van der Waals surface area contributed by atoms with Crippen LogP contribution in [0.1, 0.15) is 19.4 Å². The van der Waals surface area contributed by atoms with E-state index >= 15 is 0 Å². The Morgan fingerprint density at radius 3 is 2.30 bits per heavy atom. The molecule has 1 saturated carbocycles. The van der Waals surface area contributed by atoms with Gasteiger partial charge in [0.2, 0.25) is 5.91 Å². The van der Waals surface area contributed by atoms with Gasteiger partial charge in [-0.3, -0.25) is 9.59 Å². The maximum absolute atomic E-state index is 12.3. The summed E-state index contributed by atoms with van der Waals surface area (Å²) >= 11 is 0. The van der Waals surface area contributed by atoms with Gasteiger partial charge in [-0.25, -0.2) is 0 Å². The van der Waals surface area contributed by atoms with Crippen LogP contribution in [-0.2, 0) is 16.0 Å². The number of aliphatic carboxylic acids is 1. The lowest BCUT2D eigenvalue weighted by Gasteiger charge is -2.18. The van der Waals surface area contributed by atoms with Crippen LogP contribution in [0.3, 0.4) is 0 Å². The SMILES string of the molecule is CN(CCc1ccccc1)C(=O)C1C(C(=O)O)C1(C)C. The van der Waals surface area contributed by atoms with Crippen molar-refractivity contribution in [2.75, 3.05) is 13.6 Å². The van der Waals surface area contributed by atoms with Crippen molar-refractivity contribution in [3.63, 3.8) is 0 Å². The van der Waals surface area contributed by atoms with E-state index < -0.39 is 17.3 Å². The minimum absolute atomic E-state index is 0.0571. The molecule has 0 aromatic heterocycles. The van der Waals surface area contributed by atoms with Gasteiger partial charge in [-0.15, -0.1) is 0 Å². The van der Waals surface area contributed by atoms with Gasteiger partial charge in [0.1, 0.15) is 0 Å². The quantitative estimate of drug-likeness (QED) is 0.894. The first kappa shape index (κ1) is 14.6. The van der Waals surface area contributed by atoms with Gasteiger partial charge >= 0.3 is 5.97 Å². The molecule has 0 spiro atoms. The van der Waals surface area contributed by atoms with Crippen molar-refractivity contribution < 1.29 is 14.7 Å². The fourth-order valence-electron chi connectivity index (χ4n) is 2.85. The van der Waals surface area contributed by atoms with Crippen molar-refractivity contribution in [2.45, 2.75) is 20.3 Å². The van der Waals surface area contributed by atoms with E-state index in [0.717, 1.165) is 6.42 Å². The summed E-state index contributed by atoms with van der Waals surface area (Å²) in [6.07, 6.45) is 0.786. The third-order valence-corrected chi connectivity index (χ3v) is 4.31. The minimum Gasteiger partial charge on any atom is -0.481 e. The van der Waals surface area contributed by atoms with Crippen molar-refractivity contribution >= 4 is 11.9 Å². The molecule has 1 aromatic carbocycles. The van der Waals surface area contributed by atoms with E-state index in [4.69, 9.17) is 5.11 Å². The first-order chi connectivity index (χ1) is 9.35. The zero-order valence-corrected chi connectivity index (χ0v) is 12.2. The van der Waals surface area contributed by atoms with E-state index in [-0.39, 0.29) is 11.8 Å². The fraction of sp³-hybridized carbons (Fsp3) is 0.500. The molecule has 2 rings (SSSR count). The van der Waals surface area contributed by atoms with Gasteiger partial charge in [0.05, 0.1) is 11.8 Å². The summed E-state index contributed by atoms with van der Waals surface area (Å²) in [7, 11) is 1.75. The molecule has 0 radical (unpaired) electrons. The lowest BCUT2D eigenvalue weighted by atomic mass is 10.1. The molecule has 20 heavy (non-hydrogen) atoms. The molecule has 1 aliphatic rings. The van der Waals surface area contributed by atoms with E-state index in [1.165, 1.54) is 5.56 Å². The smallest absolute Gasteiger partial charge is 0.307 e. The highest BCUT2D eigenvalue weighted by atomic mass is 16.4. The molecule has 1 fully saturated rings. The number of carbonyl (C=O) groups is 2. The van der Waals surface area contributed by atoms with E-state index in [9.17, 15) is 9.59 Å². The van der Waals surface area contributed by atoms with E-state index in [2.05, 4.69) is 0 Å². The molecule has 0 bridgehead atoms. The lowest BCUT2D eigenvalue weighted by Crippen LogP contribution is -2.31. The summed E-state index contributed by atoms with van der Waals surface area (Å²) in [4.78, 5) is 25.1. The Kier molecular flexibility index (Phi) is 3.84. The fourth-order valence-corrected chi connectivity index (χ4v) is 2.85. The highest BCUT2D eigenvalue weighted by Crippen LogP contribution is 2.58. The normalized spacial score (nSPS) is 23.1.